The molecule has 4 heterocycles. The van der Waals surface area contributed by atoms with Gasteiger partial charge >= 0.3 is 0 Å². The summed E-state index contributed by atoms with van der Waals surface area (Å²) in [5.74, 6) is 1.72. The molecule has 0 amide bonds. The smallest absolute Gasteiger partial charge is 0.271 e. The van der Waals surface area contributed by atoms with Crippen LogP contribution in [0.1, 0.15) is 23.9 Å². The first kappa shape index (κ1) is 17.1. The first-order chi connectivity index (χ1) is 13.5. The summed E-state index contributed by atoms with van der Waals surface area (Å²) in [6, 6.07) is 10.4. The summed E-state index contributed by atoms with van der Waals surface area (Å²) in [6.07, 6.45) is 1.12. The Balaban J connectivity index is 1.42. The van der Waals surface area contributed by atoms with Crippen LogP contribution in [0.2, 0.25) is 0 Å². The number of pyridine rings is 1. The lowest BCUT2D eigenvalue weighted by molar-refractivity contribution is -0.384. The second-order valence-electron chi connectivity index (χ2n) is 7.91. The predicted molar refractivity (Wildman–Crippen MR) is 104 cm³/mol. The van der Waals surface area contributed by atoms with Crippen LogP contribution in [0.15, 0.2) is 41.2 Å². The third kappa shape index (κ3) is 2.72. The topological polar surface area (TPSA) is 86.2 Å². The summed E-state index contributed by atoms with van der Waals surface area (Å²) in [6.45, 7) is 3.30. The van der Waals surface area contributed by atoms with Crippen LogP contribution >= 0.6 is 0 Å². The van der Waals surface area contributed by atoms with E-state index in [9.17, 15) is 14.9 Å². The van der Waals surface area contributed by atoms with Gasteiger partial charge in [-0.05, 0) is 24.5 Å². The van der Waals surface area contributed by atoms with Gasteiger partial charge in [-0.3, -0.25) is 19.8 Å². The second-order valence-corrected chi connectivity index (χ2v) is 7.91. The van der Waals surface area contributed by atoms with Crippen LogP contribution in [-0.2, 0) is 20.1 Å². The van der Waals surface area contributed by atoms with Crippen molar-refractivity contribution in [3.8, 4) is 0 Å². The van der Waals surface area contributed by atoms with Crippen molar-refractivity contribution in [1.82, 2.24) is 19.0 Å². The highest BCUT2D eigenvalue weighted by atomic mass is 16.6. The number of aromatic nitrogens is 3. The molecule has 8 heteroatoms. The van der Waals surface area contributed by atoms with E-state index in [2.05, 4.69) is 16.0 Å². The molecule has 0 N–H and O–H groups in total. The van der Waals surface area contributed by atoms with Crippen LogP contribution < -0.4 is 5.56 Å². The lowest BCUT2D eigenvalue weighted by Crippen LogP contribution is -2.46. The fourth-order valence-corrected chi connectivity index (χ4v) is 4.82. The summed E-state index contributed by atoms with van der Waals surface area (Å²) in [5, 5.41) is 11.0. The van der Waals surface area contributed by atoms with Crippen LogP contribution in [0, 0.1) is 16.0 Å². The number of nitro groups is 1. The standard InChI is InChI=1S/C20H21N5O3/c1-22-18-6-5-15(25(27)28)8-16(18)21-19(22)12-23-9-13-7-14(11-23)17-3-2-4-20(26)24(17)10-13/h2-6,8,13-14H,7,9-12H2,1H3. The molecule has 144 valence electrons. The quantitative estimate of drug-likeness (QED) is 0.515. The van der Waals surface area contributed by atoms with Gasteiger partial charge in [0.15, 0.2) is 0 Å². The van der Waals surface area contributed by atoms with Crippen molar-refractivity contribution in [3.63, 3.8) is 0 Å². The number of nitrogens with zero attached hydrogens (tertiary/aromatic N) is 5. The number of nitro benzene ring substituents is 1. The van der Waals surface area contributed by atoms with Gasteiger partial charge in [0.2, 0.25) is 0 Å². The fourth-order valence-electron chi connectivity index (χ4n) is 4.82. The second kappa shape index (κ2) is 6.27. The SMILES string of the molecule is Cn1c(CN2CC3CC(C2)c2cccc(=O)n2C3)nc2cc([N+](=O)[O-])ccc21. The normalized spacial score (nSPS) is 21.6. The van der Waals surface area contributed by atoms with E-state index in [0.29, 0.717) is 23.9 Å². The third-order valence-corrected chi connectivity index (χ3v) is 6.09. The van der Waals surface area contributed by atoms with Gasteiger partial charge in [0, 0.05) is 56.5 Å². The molecule has 0 spiro atoms. The fraction of sp³-hybridized carbons (Fsp3) is 0.400. The number of hydrogen-bond donors (Lipinski definition) is 0. The van der Waals surface area contributed by atoms with E-state index in [-0.39, 0.29) is 16.2 Å². The molecule has 2 atom stereocenters. The van der Waals surface area contributed by atoms with E-state index >= 15 is 0 Å². The molecule has 5 rings (SSSR count). The average Bonchev–Trinajstić information content (AvgIpc) is 2.97. The Morgan fingerprint density at radius 2 is 2.07 bits per heavy atom. The molecule has 0 aliphatic carbocycles. The highest BCUT2D eigenvalue weighted by Crippen LogP contribution is 2.35. The lowest BCUT2D eigenvalue weighted by Gasteiger charge is -2.42. The molecule has 1 aromatic carbocycles. The molecule has 1 saturated heterocycles. The number of fused-ring (bicyclic) bond motifs is 5. The predicted octanol–water partition coefficient (Wildman–Crippen LogP) is 2.26. The van der Waals surface area contributed by atoms with E-state index in [0.717, 1.165) is 43.1 Å². The molecule has 2 aliphatic rings. The van der Waals surface area contributed by atoms with Crippen molar-refractivity contribution in [3.05, 3.63) is 68.4 Å². The minimum absolute atomic E-state index is 0.0618. The first-order valence-corrected chi connectivity index (χ1v) is 9.51. The number of rotatable bonds is 3. The molecule has 2 aromatic heterocycles. The molecule has 1 fully saturated rings. The van der Waals surface area contributed by atoms with Gasteiger partial charge in [0.05, 0.1) is 22.5 Å². The van der Waals surface area contributed by atoms with Gasteiger partial charge in [0.1, 0.15) is 5.82 Å². The van der Waals surface area contributed by atoms with Crippen molar-refractivity contribution in [2.75, 3.05) is 13.1 Å². The van der Waals surface area contributed by atoms with E-state index in [4.69, 9.17) is 0 Å². The van der Waals surface area contributed by atoms with Crippen molar-refractivity contribution < 1.29 is 4.92 Å². The summed E-state index contributed by atoms with van der Waals surface area (Å²) < 4.78 is 3.95. The number of non-ortho nitro benzene ring substituents is 1. The zero-order chi connectivity index (χ0) is 19.4. The van der Waals surface area contributed by atoms with Gasteiger partial charge in [-0.25, -0.2) is 4.98 Å². The number of piperidine rings is 1. The number of benzene rings is 1. The Bertz CT molecular complexity index is 1150. The summed E-state index contributed by atoms with van der Waals surface area (Å²) in [5.41, 5.74) is 2.84. The van der Waals surface area contributed by atoms with Crippen molar-refractivity contribution >= 4 is 16.7 Å². The van der Waals surface area contributed by atoms with Gasteiger partial charge in [-0.2, -0.15) is 0 Å². The summed E-state index contributed by atoms with van der Waals surface area (Å²) in [4.78, 5) is 29.9. The van der Waals surface area contributed by atoms with E-state index in [1.807, 2.05) is 22.2 Å². The largest absolute Gasteiger partial charge is 0.330 e. The molecular formula is C20H21N5O3. The van der Waals surface area contributed by atoms with Crippen LogP contribution in [-0.4, -0.2) is 37.0 Å². The Hall–Kier alpha value is -3.00. The van der Waals surface area contributed by atoms with Crippen LogP contribution in [0.5, 0.6) is 0 Å². The molecule has 28 heavy (non-hydrogen) atoms. The van der Waals surface area contributed by atoms with Crippen LogP contribution in [0.4, 0.5) is 5.69 Å². The Morgan fingerprint density at radius 1 is 1.21 bits per heavy atom. The van der Waals surface area contributed by atoms with Gasteiger partial charge in [0.25, 0.3) is 11.2 Å². The zero-order valence-corrected chi connectivity index (χ0v) is 15.6. The van der Waals surface area contributed by atoms with Crippen molar-refractivity contribution in [2.45, 2.75) is 25.4 Å². The molecule has 0 saturated carbocycles. The molecular weight excluding hydrogens is 358 g/mol. The number of aryl methyl sites for hydroxylation is 1. The van der Waals surface area contributed by atoms with Gasteiger partial charge < -0.3 is 9.13 Å². The van der Waals surface area contributed by atoms with E-state index in [1.165, 1.54) is 12.1 Å². The molecule has 8 nitrogen and oxygen atoms in total. The average molecular weight is 379 g/mol. The van der Waals surface area contributed by atoms with Crippen LogP contribution in [0.3, 0.4) is 0 Å². The number of likely N-dealkylation sites (tertiary alicyclic amines) is 1. The Morgan fingerprint density at radius 3 is 2.89 bits per heavy atom. The van der Waals surface area contributed by atoms with Crippen molar-refractivity contribution in [2.24, 2.45) is 13.0 Å². The Kier molecular flexibility index (Phi) is 3.83. The maximum Gasteiger partial charge on any atom is 0.271 e. The van der Waals surface area contributed by atoms with E-state index < -0.39 is 0 Å². The molecule has 2 unspecified atom stereocenters. The van der Waals surface area contributed by atoms with Gasteiger partial charge in [-0.15, -0.1) is 0 Å². The van der Waals surface area contributed by atoms with Gasteiger partial charge in [-0.1, -0.05) is 6.07 Å². The molecule has 3 aromatic rings. The van der Waals surface area contributed by atoms with E-state index in [1.54, 1.807) is 12.1 Å². The van der Waals surface area contributed by atoms with Crippen LogP contribution in [0.25, 0.3) is 11.0 Å². The maximum atomic E-state index is 12.2. The first-order valence-electron chi connectivity index (χ1n) is 9.51. The minimum atomic E-state index is -0.390. The lowest BCUT2D eigenvalue weighted by atomic mass is 9.83. The minimum Gasteiger partial charge on any atom is -0.330 e. The highest BCUT2D eigenvalue weighted by Gasteiger charge is 2.34. The number of imidazole rings is 1. The maximum absolute atomic E-state index is 12.2. The number of hydrogen-bond acceptors (Lipinski definition) is 5. The molecule has 2 bridgehead atoms. The Labute approximate surface area is 161 Å². The molecule has 2 aliphatic heterocycles. The summed E-state index contributed by atoms with van der Waals surface area (Å²) >= 11 is 0. The van der Waals surface area contributed by atoms with Crippen molar-refractivity contribution in [1.29, 1.82) is 0 Å². The monoisotopic (exact) mass is 379 g/mol. The third-order valence-electron chi connectivity index (χ3n) is 6.09. The zero-order valence-electron chi connectivity index (χ0n) is 15.6. The molecule has 0 radical (unpaired) electrons. The highest BCUT2D eigenvalue weighted by molar-refractivity contribution is 5.78. The summed E-state index contributed by atoms with van der Waals surface area (Å²) in [7, 11) is 1.95.